The first-order chi connectivity index (χ1) is 6.22. The van der Waals surface area contributed by atoms with E-state index >= 15 is 0 Å². The van der Waals surface area contributed by atoms with Gasteiger partial charge in [-0.25, -0.2) is 0 Å². The fourth-order valence-electron chi connectivity index (χ4n) is 1.03. The zero-order valence-electron chi connectivity index (χ0n) is 8.29. The summed E-state index contributed by atoms with van der Waals surface area (Å²) in [6, 6.07) is 7.92. The fraction of sp³-hybridized carbons (Fsp3) is 0.455. The molecule has 0 aliphatic carbocycles. The maximum Gasteiger partial charge on any atom is 0.119 e. The van der Waals surface area contributed by atoms with Gasteiger partial charge in [-0.2, -0.15) is 0 Å². The molecule has 0 fully saturated rings. The van der Waals surface area contributed by atoms with Crippen LogP contribution in [0.25, 0.3) is 0 Å². The monoisotopic (exact) mass is 179 g/mol. The van der Waals surface area contributed by atoms with Crippen molar-refractivity contribution in [2.45, 2.75) is 20.4 Å². The molecule has 0 saturated carbocycles. The first-order valence-corrected chi connectivity index (χ1v) is 4.64. The van der Waals surface area contributed by atoms with E-state index in [1.54, 1.807) is 0 Å². The van der Waals surface area contributed by atoms with E-state index in [9.17, 15) is 0 Å². The normalized spacial score (nSPS) is 10.5. The van der Waals surface area contributed by atoms with Crippen molar-refractivity contribution in [1.29, 1.82) is 0 Å². The van der Waals surface area contributed by atoms with Crippen LogP contribution in [0.15, 0.2) is 24.3 Å². The molecule has 0 bridgehead atoms. The molecule has 1 aromatic rings. The third-order valence-electron chi connectivity index (χ3n) is 1.72. The minimum atomic E-state index is 0.557. The molecular formula is C11H17NO. The van der Waals surface area contributed by atoms with Crippen molar-refractivity contribution in [2.75, 3.05) is 6.61 Å². The van der Waals surface area contributed by atoms with Gasteiger partial charge in [0.25, 0.3) is 0 Å². The fourth-order valence-corrected chi connectivity index (χ4v) is 1.03. The Kier molecular flexibility index (Phi) is 3.77. The van der Waals surface area contributed by atoms with Crippen LogP contribution in [0.3, 0.4) is 0 Å². The van der Waals surface area contributed by atoms with Crippen molar-refractivity contribution in [3.8, 4) is 5.75 Å². The van der Waals surface area contributed by atoms with Gasteiger partial charge in [-0.3, -0.25) is 0 Å². The Morgan fingerprint density at radius 2 is 2.15 bits per heavy atom. The lowest BCUT2D eigenvalue weighted by atomic mass is 10.2. The van der Waals surface area contributed by atoms with Crippen LogP contribution >= 0.6 is 0 Å². The number of hydrogen-bond acceptors (Lipinski definition) is 2. The van der Waals surface area contributed by atoms with Crippen LogP contribution in [-0.2, 0) is 6.54 Å². The first kappa shape index (κ1) is 10.1. The van der Waals surface area contributed by atoms with E-state index in [4.69, 9.17) is 10.5 Å². The van der Waals surface area contributed by atoms with Gasteiger partial charge in [0.2, 0.25) is 0 Å². The van der Waals surface area contributed by atoms with Gasteiger partial charge in [0, 0.05) is 6.54 Å². The summed E-state index contributed by atoms with van der Waals surface area (Å²) in [5.41, 5.74) is 6.63. The molecule has 0 amide bonds. The van der Waals surface area contributed by atoms with Crippen molar-refractivity contribution in [2.24, 2.45) is 11.7 Å². The number of hydrogen-bond donors (Lipinski definition) is 1. The highest BCUT2D eigenvalue weighted by Crippen LogP contribution is 2.13. The van der Waals surface area contributed by atoms with E-state index in [0.29, 0.717) is 12.5 Å². The Balaban J connectivity index is 2.56. The highest BCUT2D eigenvalue weighted by molar-refractivity contribution is 5.28. The molecule has 2 heteroatoms. The standard InChI is InChI=1S/C11H17NO/c1-9(2)8-13-11-5-3-4-10(6-11)7-12/h3-6,9H,7-8,12H2,1-2H3. The molecule has 1 rings (SSSR count). The van der Waals surface area contributed by atoms with Gasteiger partial charge in [0.05, 0.1) is 6.61 Å². The molecule has 72 valence electrons. The Labute approximate surface area is 79.7 Å². The Morgan fingerprint density at radius 1 is 1.38 bits per heavy atom. The van der Waals surface area contributed by atoms with Crippen molar-refractivity contribution < 1.29 is 4.74 Å². The van der Waals surface area contributed by atoms with Crippen molar-refractivity contribution >= 4 is 0 Å². The summed E-state index contributed by atoms with van der Waals surface area (Å²) in [7, 11) is 0. The lowest BCUT2D eigenvalue weighted by Crippen LogP contribution is -2.05. The summed E-state index contributed by atoms with van der Waals surface area (Å²) in [5.74, 6) is 1.47. The first-order valence-electron chi connectivity index (χ1n) is 4.64. The average molecular weight is 179 g/mol. The van der Waals surface area contributed by atoms with E-state index in [-0.39, 0.29) is 0 Å². The van der Waals surface area contributed by atoms with Gasteiger partial charge in [0.1, 0.15) is 5.75 Å². The van der Waals surface area contributed by atoms with Crippen LogP contribution in [0.4, 0.5) is 0 Å². The van der Waals surface area contributed by atoms with Gasteiger partial charge in [0.15, 0.2) is 0 Å². The van der Waals surface area contributed by atoms with Crippen LogP contribution < -0.4 is 10.5 Å². The second kappa shape index (κ2) is 4.87. The van der Waals surface area contributed by atoms with E-state index in [2.05, 4.69) is 13.8 Å². The number of nitrogens with two attached hydrogens (primary N) is 1. The molecule has 0 aliphatic heterocycles. The molecule has 0 unspecified atom stereocenters. The summed E-state index contributed by atoms with van der Waals surface area (Å²) >= 11 is 0. The highest BCUT2D eigenvalue weighted by Gasteiger charge is 1.97. The quantitative estimate of drug-likeness (QED) is 0.769. The average Bonchev–Trinajstić information content (AvgIpc) is 2.15. The Bertz CT molecular complexity index is 258. The van der Waals surface area contributed by atoms with Crippen LogP contribution in [0, 0.1) is 5.92 Å². The van der Waals surface area contributed by atoms with Crippen molar-refractivity contribution in [1.82, 2.24) is 0 Å². The van der Waals surface area contributed by atoms with Gasteiger partial charge in [-0.1, -0.05) is 26.0 Å². The molecule has 13 heavy (non-hydrogen) atoms. The molecule has 0 spiro atoms. The van der Waals surface area contributed by atoms with E-state index in [1.165, 1.54) is 0 Å². The minimum absolute atomic E-state index is 0.557. The lowest BCUT2D eigenvalue weighted by Gasteiger charge is -2.09. The number of ether oxygens (including phenoxy) is 1. The topological polar surface area (TPSA) is 35.2 Å². The molecule has 2 nitrogen and oxygen atoms in total. The lowest BCUT2D eigenvalue weighted by molar-refractivity contribution is 0.271. The zero-order valence-corrected chi connectivity index (χ0v) is 8.29. The molecule has 0 saturated heterocycles. The molecular weight excluding hydrogens is 162 g/mol. The van der Waals surface area contributed by atoms with Gasteiger partial charge >= 0.3 is 0 Å². The minimum Gasteiger partial charge on any atom is -0.493 e. The largest absolute Gasteiger partial charge is 0.493 e. The van der Waals surface area contributed by atoms with Crippen molar-refractivity contribution in [3.63, 3.8) is 0 Å². The van der Waals surface area contributed by atoms with Crippen LogP contribution in [0.5, 0.6) is 5.75 Å². The third kappa shape index (κ3) is 3.47. The molecule has 0 aliphatic rings. The second-order valence-corrected chi connectivity index (χ2v) is 3.56. The summed E-state index contributed by atoms with van der Waals surface area (Å²) in [4.78, 5) is 0. The number of rotatable bonds is 4. The Hall–Kier alpha value is -1.02. The van der Waals surface area contributed by atoms with Crippen LogP contribution in [-0.4, -0.2) is 6.61 Å². The molecule has 1 aromatic carbocycles. The van der Waals surface area contributed by atoms with Gasteiger partial charge in [-0.05, 0) is 23.6 Å². The smallest absolute Gasteiger partial charge is 0.119 e. The zero-order chi connectivity index (χ0) is 9.68. The van der Waals surface area contributed by atoms with Crippen LogP contribution in [0.2, 0.25) is 0 Å². The predicted molar refractivity (Wildman–Crippen MR) is 54.7 cm³/mol. The van der Waals surface area contributed by atoms with Gasteiger partial charge in [-0.15, -0.1) is 0 Å². The van der Waals surface area contributed by atoms with Crippen LogP contribution in [0.1, 0.15) is 19.4 Å². The third-order valence-corrected chi connectivity index (χ3v) is 1.72. The molecule has 0 aromatic heterocycles. The molecule has 2 N–H and O–H groups in total. The summed E-state index contributed by atoms with van der Waals surface area (Å²) in [6.07, 6.45) is 0. The maximum atomic E-state index is 5.55. The molecule has 0 atom stereocenters. The van der Waals surface area contributed by atoms with Crippen molar-refractivity contribution in [3.05, 3.63) is 29.8 Å². The maximum absolute atomic E-state index is 5.55. The highest BCUT2D eigenvalue weighted by atomic mass is 16.5. The second-order valence-electron chi connectivity index (χ2n) is 3.56. The van der Waals surface area contributed by atoms with E-state index < -0.39 is 0 Å². The summed E-state index contributed by atoms with van der Waals surface area (Å²) in [5, 5.41) is 0. The SMILES string of the molecule is CC(C)COc1cccc(CN)c1. The predicted octanol–water partition coefficient (Wildman–Crippen LogP) is 2.18. The van der Waals surface area contributed by atoms with E-state index in [1.807, 2.05) is 24.3 Å². The summed E-state index contributed by atoms with van der Waals surface area (Å²) < 4.78 is 5.55. The van der Waals surface area contributed by atoms with Gasteiger partial charge < -0.3 is 10.5 Å². The molecule has 0 heterocycles. The number of benzene rings is 1. The molecule has 0 radical (unpaired) electrons. The summed E-state index contributed by atoms with van der Waals surface area (Å²) in [6.45, 7) is 5.59. The Morgan fingerprint density at radius 3 is 2.77 bits per heavy atom. The van der Waals surface area contributed by atoms with E-state index in [0.717, 1.165) is 17.9 Å².